The topological polar surface area (TPSA) is 17.1 Å². The molecular formula is C19H25IO. The second kappa shape index (κ2) is 4.69. The maximum absolute atomic E-state index is 11.8. The number of allylic oxidation sites excluding steroid dienone is 4. The summed E-state index contributed by atoms with van der Waals surface area (Å²) < 4.78 is 1.62. The molecule has 21 heavy (non-hydrogen) atoms. The standard InChI is InChI=1S/C19H25IO/c1-18-9-7-13(21)11-12(18)3-4-14-15-5-6-17(20)19(15,2)10-8-16(14)18/h6,11,14-16H,3-5,7-10H2,1-2H3/t14?,15?,16?,18-,19-/m0/s1. The lowest BCUT2D eigenvalue weighted by molar-refractivity contribution is -0.117. The van der Waals surface area contributed by atoms with Gasteiger partial charge in [0.25, 0.3) is 0 Å². The Kier molecular flexibility index (Phi) is 3.23. The Bertz CT molecular complexity index is 560. The zero-order valence-electron chi connectivity index (χ0n) is 13.1. The Morgan fingerprint density at radius 3 is 2.71 bits per heavy atom. The molecule has 2 saturated carbocycles. The molecule has 0 amide bonds. The van der Waals surface area contributed by atoms with Crippen molar-refractivity contribution in [3.63, 3.8) is 0 Å². The third kappa shape index (κ3) is 1.90. The van der Waals surface area contributed by atoms with Crippen LogP contribution < -0.4 is 0 Å². The molecule has 0 aromatic carbocycles. The van der Waals surface area contributed by atoms with Crippen molar-refractivity contribution >= 4 is 28.4 Å². The first-order chi connectivity index (χ1) is 9.95. The summed E-state index contributed by atoms with van der Waals surface area (Å²) in [5, 5.41) is 0. The second-order valence-electron chi connectivity index (χ2n) is 8.21. The number of ketones is 1. The van der Waals surface area contributed by atoms with Gasteiger partial charge in [0.1, 0.15) is 0 Å². The van der Waals surface area contributed by atoms with Crippen LogP contribution in [0.4, 0.5) is 0 Å². The van der Waals surface area contributed by atoms with Gasteiger partial charge in [-0.3, -0.25) is 4.79 Å². The minimum absolute atomic E-state index is 0.326. The van der Waals surface area contributed by atoms with Gasteiger partial charge in [-0.2, -0.15) is 0 Å². The Labute approximate surface area is 141 Å². The van der Waals surface area contributed by atoms with E-state index >= 15 is 0 Å². The largest absolute Gasteiger partial charge is 0.295 e. The summed E-state index contributed by atoms with van der Waals surface area (Å²) >= 11 is 2.60. The summed E-state index contributed by atoms with van der Waals surface area (Å²) in [6.45, 7) is 4.98. The molecule has 1 nitrogen and oxygen atoms in total. The first-order valence-electron chi connectivity index (χ1n) is 8.55. The van der Waals surface area contributed by atoms with Gasteiger partial charge in [0.05, 0.1) is 0 Å². The SMILES string of the molecule is C[C@]12CCC(=O)C=C1CCC1C2CC[C@]2(C)C(I)=CCC12. The summed E-state index contributed by atoms with van der Waals surface area (Å²) in [4.78, 5) is 11.8. The van der Waals surface area contributed by atoms with Crippen LogP contribution in [-0.2, 0) is 4.79 Å². The predicted molar refractivity (Wildman–Crippen MR) is 94.2 cm³/mol. The van der Waals surface area contributed by atoms with Gasteiger partial charge in [-0.05, 0) is 93.9 Å². The molecule has 4 rings (SSSR count). The van der Waals surface area contributed by atoms with E-state index in [1.54, 1.807) is 3.58 Å². The highest BCUT2D eigenvalue weighted by molar-refractivity contribution is 14.1. The van der Waals surface area contributed by atoms with Crippen molar-refractivity contribution in [1.82, 2.24) is 0 Å². The van der Waals surface area contributed by atoms with Crippen LogP contribution in [0.2, 0.25) is 0 Å². The Morgan fingerprint density at radius 1 is 1.10 bits per heavy atom. The molecule has 5 atom stereocenters. The van der Waals surface area contributed by atoms with Gasteiger partial charge >= 0.3 is 0 Å². The summed E-state index contributed by atoms with van der Waals surface area (Å²) in [7, 11) is 0. The third-order valence-electron chi connectivity index (χ3n) is 7.45. The molecule has 0 saturated heterocycles. The van der Waals surface area contributed by atoms with Gasteiger partial charge in [0.2, 0.25) is 0 Å². The lowest BCUT2D eigenvalue weighted by Crippen LogP contribution is -2.49. The summed E-state index contributed by atoms with van der Waals surface area (Å²) in [5.41, 5.74) is 2.28. The van der Waals surface area contributed by atoms with Crippen molar-refractivity contribution < 1.29 is 4.79 Å². The monoisotopic (exact) mass is 396 g/mol. The Balaban J connectivity index is 1.70. The predicted octanol–water partition coefficient (Wildman–Crippen LogP) is 5.45. The molecule has 3 unspecified atom stereocenters. The van der Waals surface area contributed by atoms with Crippen molar-refractivity contribution in [3.8, 4) is 0 Å². The van der Waals surface area contributed by atoms with E-state index in [9.17, 15) is 4.79 Å². The normalized spacial score (nSPS) is 48.9. The van der Waals surface area contributed by atoms with Gasteiger partial charge in [0, 0.05) is 11.8 Å². The zero-order valence-corrected chi connectivity index (χ0v) is 15.3. The average molecular weight is 396 g/mol. The number of halogens is 1. The molecule has 0 spiro atoms. The third-order valence-corrected chi connectivity index (χ3v) is 9.12. The molecule has 0 heterocycles. The molecule has 0 aromatic heterocycles. The van der Waals surface area contributed by atoms with Crippen LogP contribution in [0.1, 0.15) is 58.8 Å². The van der Waals surface area contributed by atoms with Gasteiger partial charge < -0.3 is 0 Å². The molecule has 114 valence electrons. The van der Waals surface area contributed by atoms with Gasteiger partial charge in [-0.1, -0.05) is 25.5 Å². The average Bonchev–Trinajstić information content (AvgIpc) is 2.76. The van der Waals surface area contributed by atoms with Crippen molar-refractivity contribution in [2.24, 2.45) is 28.6 Å². The van der Waals surface area contributed by atoms with Crippen LogP contribution >= 0.6 is 22.6 Å². The molecular weight excluding hydrogens is 371 g/mol. The van der Waals surface area contributed by atoms with E-state index in [0.717, 1.165) is 30.6 Å². The van der Waals surface area contributed by atoms with E-state index in [1.165, 1.54) is 37.7 Å². The van der Waals surface area contributed by atoms with Gasteiger partial charge in [-0.25, -0.2) is 0 Å². The van der Waals surface area contributed by atoms with Crippen LogP contribution in [-0.4, -0.2) is 5.78 Å². The van der Waals surface area contributed by atoms with E-state index in [4.69, 9.17) is 0 Å². The van der Waals surface area contributed by atoms with E-state index in [0.29, 0.717) is 16.6 Å². The molecule has 0 aromatic rings. The number of hydrogen-bond acceptors (Lipinski definition) is 1. The van der Waals surface area contributed by atoms with Gasteiger partial charge in [-0.15, -0.1) is 0 Å². The fourth-order valence-corrected chi connectivity index (χ4v) is 7.00. The van der Waals surface area contributed by atoms with Crippen LogP contribution in [0.3, 0.4) is 0 Å². The molecule has 2 heteroatoms. The Hall–Kier alpha value is -0.120. The summed E-state index contributed by atoms with van der Waals surface area (Å²) in [5.74, 6) is 2.93. The van der Waals surface area contributed by atoms with E-state index in [2.05, 4.69) is 42.5 Å². The quantitative estimate of drug-likeness (QED) is 0.498. The fraction of sp³-hybridized carbons (Fsp3) is 0.737. The summed E-state index contributed by atoms with van der Waals surface area (Å²) in [6.07, 6.45) is 12.9. The van der Waals surface area contributed by atoms with E-state index in [1.807, 2.05) is 6.08 Å². The molecule has 2 fully saturated rings. The highest BCUT2D eigenvalue weighted by Crippen LogP contribution is 2.66. The molecule has 4 aliphatic carbocycles. The number of carbonyl (C=O) groups excluding carboxylic acids is 1. The summed E-state index contributed by atoms with van der Waals surface area (Å²) in [6, 6.07) is 0. The lowest BCUT2D eigenvalue weighted by atomic mass is 9.47. The zero-order chi connectivity index (χ0) is 14.8. The van der Waals surface area contributed by atoms with Crippen molar-refractivity contribution in [2.75, 3.05) is 0 Å². The number of carbonyl (C=O) groups is 1. The highest BCUT2D eigenvalue weighted by atomic mass is 127. The van der Waals surface area contributed by atoms with Crippen molar-refractivity contribution in [1.29, 1.82) is 0 Å². The van der Waals surface area contributed by atoms with Crippen LogP contribution in [0.25, 0.3) is 0 Å². The van der Waals surface area contributed by atoms with Crippen LogP contribution in [0, 0.1) is 28.6 Å². The highest BCUT2D eigenvalue weighted by Gasteiger charge is 2.56. The fourth-order valence-electron chi connectivity index (χ4n) is 6.07. The maximum atomic E-state index is 11.8. The molecule has 0 N–H and O–H groups in total. The van der Waals surface area contributed by atoms with E-state index in [-0.39, 0.29) is 0 Å². The minimum atomic E-state index is 0.326. The maximum Gasteiger partial charge on any atom is 0.155 e. The van der Waals surface area contributed by atoms with E-state index < -0.39 is 0 Å². The second-order valence-corrected chi connectivity index (χ2v) is 9.37. The minimum Gasteiger partial charge on any atom is -0.295 e. The smallest absolute Gasteiger partial charge is 0.155 e. The van der Waals surface area contributed by atoms with Crippen LogP contribution in [0.5, 0.6) is 0 Å². The number of fused-ring (bicyclic) bond motifs is 5. The van der Waals surface area contributed by atoms with Crippen molar-refractivity contribution in [3.05, 3.63) is 21.3 Å². The molecule has 0 radical (unpaired) electrons. The first kappa shape index (κ1) is 14.5. The van der Waals surface area contributed by atoms with Crippen LogP contribution in [0.15, 0.2) is 21.3 Å². The molecule has 0 bridgehead atoms. The number of hydrogen-bond donors (Lipinski definition) is 0. The molecule has 0 aliphatic heterocycles. The Morgan fingerprint density at radius 2 is 1.90 bits per heavy atom. The van der Waals surface area contributed by atoms with Crippen molar-refractivity contribution in [2.45, 2.75) is 58.8 Å². The lowest BCUT2D eigenvalue weighted by Gasteiger charge is -2.57. The molecule has 4 aliphatic rings. The first-order valence-corrected chi connectivity index (χ1v) is 9.63. The van der Waals surface area contributed by atoms with Gasteiger partial charge in [0.15, 0.2) is 5.78 Å². The number of rotatable bonds is 0.